The molecule has 0 bridgehead atoms. The topological polar surface area (TPSA) is 57.6 Å². The van der Waals surface area contributed by atoms with E-state index in [-0.39, 0.29) is 18.2 Å². The number of thiophene rings is 1. The van der Waals surface area contributed by atoms with Crippen LogP contribution in [0.25, 0.3) is 10.4 Å². The maximum Gasteiger partial charge on any atom is 0.303 e. The van der Waals surface area contributed by atoms with E-state index in [2.05, 4.69) is 0 Å². The molecular weight excluding hydrogens is 358 g/mol. The maximum atomic E-state index is 12.8. The SMILES string of the molecule is Cc1cc(C(=O)N2CCC(CC(=O)O)CC2)sc1-c1cccc(Cl)c1. The van der Waals surface area contributed by atoms with Crippen molar-refractivity contribution < 1.29 is 14.7 Å². The number of rotatable bonds is 4. The van der Waals surface area contributed by atoms with Crippen LogP contribution in [0.15, 0.2) is 30.3 Å². The minimum Gasteiger partial charge on any atom is -0.481 e. The maximum absolute atomic E-state index is 12.8. The third kappa shape index (κ3) is 4.22. The van der Waals surface area contributed by atoms with Gasteiger partial charge in [-0.1, -0.05) is 23.7 Å². The van der Waals surface area contributed by atoms with E-state index in [4.69, 9.17) is 16.7 Å². The van der Waals surface area contributed by atoms with Crippen LogP contribution in [-0.4, -0.2) is 35.0 Å². The van der Waals surface area contributed by atoms with Crippen LogP contribution >= 0.6 is 22.9 Å². The molecule has 0 atom stereocenters. The van der Waals surface area contributed by atoms with Gasteiger partial charge in [-0.2, -0.15) is 0 Å². The number of carbonyl (C=O) groups excluding carboxylic acids is 1. The smallest absolute Gasteiger partial charge is 0.303 e. The molecule has 0 radical (unpaired) electrons. The summed E-state index contributed by atoms with van der Waals surface area (Å²) in [6, 6.07) is 9.59. The van der Waals surface area contributed by atoms with Gasteiger partial charge in [0.05, 0.1) is 4.88 Å². The van der Waals surface area contributed by atoms with Gasteiger partial charge >= 0.3 is 5.97 Å². The number of aryl methyl sites for hydroxylation is 1. The summed E-state index contributed by atoms with van der Waals surface area (Å²) in [5, 5.41) is 9.57. The molecule has 1 aromatic heterocycles. The van der Waals surface area contributed by atoms with Gasteiger partial charge in [0, 0.05) is 29.4 Å². The number of amides is 1. The average Bonchev–Trinajstić information content (AvgIpc) is 2.96. The van der Waals surface area contributed by atoms with Crippen LogP contribution in [0, 0.1) is 12.8 Å². The van der Waals surface area contributed by atoms with Gasteiger partial charge in [0.1, 0.15) is 0 Å². The van der Waals surface area contributed by atoms with E-state index in [0.717, 1.165) is 33.7 Å². The van der Waals surface area contributed by atoms with Crippen LogP contribution in [-0.2, 0) is 4.79 Å². The minimum atomic E-state index is -0.759. The van der Waals surface area contributed by atoms with Crippen molar-refractivity contribution in [1.82, 2.24) is 4.90 Å². The van der Waals surface area contributed by atoms with Crippen LogP contribution < -0.4 is 0 Å². The molecule has 0 spiro atoms. The number of nitrogens with zero attached hydrogens (tertiary/aromatic N) is 1. The third-order valence-corrected chi connectivity index (χ3v) is 6.09. The predicted octanol–water partition coefficient (Wildman–Crippen LogP) is 4.70. The molecule has 0 aliphatic carbocycles. The van der Waals surface area contributed by atoms with Gasteiger partial charge < -0.3 is 10.0 Å². The number of likely N-dealkylation sites (tertiary alicyclic amines) is 1. The number of piperidine rings is 1. The lowest BCUT2D eigenvalue weighted by Gasteiger charge is -2.31. The molecule has 1 saturated heterocycles. The summed E-state index contributed by atoms with van der Waals surface area (Å²) in [6.45, 7) is 3.25. The minimum absolute atomic E-state index is 0.0372. The average molecular weight is 378 g/mol. The lowest BCUT2D eigenvalue weighted by atomic mass is 9.93. The van der Waals surface area contributed by atoms with E-state index in [9.17, 15) is 9.59 Å². The van der Waals surface area contributed by atoms with Gasteiger partial charge in [0.2, 0.25) is 0 Å². The summed E-state index contributed by atoms with van der Waals surface area (Å²) in [5.74, 6) is -0.548. The van der Waals surface area contributed by atoms with Gasteiger partial charge in [-0.25, -0.2) is 0 Å². The zero-order valence-corrected chi connectivity index (χ0v) is 15.6. The molecular formula is C19H20ClNO3S. The van der Waals surface area contributed by atoms with E-state index in [1.54, 1.807) is 0 Å². The summed E-state index contributed by atoms with van der Waals surface area (Å²) in [4.78, 5) is 27.2. The Hall–Kier alpha value is -1.85. The fraction of sp³-hybridized carbons (Fsp3) is 0.368. The summed E-state index contributed by atoms with van der Waals surface area (Å²) >= 11 is 7.57. The second kappa shape index (κ2) is 7.58. The number of hydrogen-bond donors (Lipinski definition) is 1. The summed E-state index contributed by atoms with van der Waals surface area (Å²) in [5.41, 5.74) is 2.09. The first-order valence-electron chi connectivity index (χ1n) is 8.31. The molecule has 1 aromatic carbocycles. The van der Waals surface area contributed by atoms with E-state index in [0.29, 0.717) is 18.1 Å². The summed E-state index contributed by atoms with van der Waals surface area (Å²) < 4.78 is 0. The Labute approximate surface area is 156 Å². The van der Waals surface area contributed by atoms with Gasteiger partial charge in [-0.05, 0) is 55.0 Å². The second-order valence-electron chi connectivity index (χ2n) is 6.47. The molecule has 1 aliphatic heterocycles. The molecule has 25 heavy (non-hydrogen) atoms. The zero-order valence-electron chi connectivity index (χ0n) is 14.0. The first kappa shape index (κ1) is 18.0. The first-order chi connectivity index (χ1) is 11.9. The van der Waals surface area contributed by atoms with Gasteiger partial charge in [0.15, 0.2) is 0 Å². The number of carbonyl (C=O) groups is 2. The van der Waals surface area contributed by atoms with E-state index in [1.165, 1.54) is 11.3 Å². The lowest BCUT2D eigenvalue weighted by Crippen LogP contribution is -2.38. The molecule has 2 aromatic rings. The van der Waals surface area contributed by atoms with E-state index < -0.39 is 5.97 Å². The van der Waals surface area contributed by atoms with E-state index in [1.807, 2.05) is 42.2 Å². The zero-order chi connectivity index (χ0) is 18.0. The molecule has 1 N–H and O–H groups in total. The molecule has 0 saturated carbocycles. The Morgan fingerprint density at radius 1 is 1.28 bits per heavy atom. The van der Waals surface area contributed by atoms with Gasteiger partial charge in [0.25, 0.3) is 5.91 Å². The highest BCUT2D eigenvalue weighted by Crippen LogP contribution is 2.34. The van der Waals surface area contributed by atoms with Crippen molar-refractivity contribution in [3.63, 3.8) is 0 Å². The Morgan fingerprint density at radius 3 is 2.64 bits per heavy atom. The third-order valence-electron chi connectivity index (χ3n) is 4.58. The highest BCUT2D eigenvalue weighted by molar-refractivity contribution is 7.17. The highest BCUT2D eigenvalue weighted by Gasteiger charge is 2.26. The van der Waals surface area contributed by atoms with Crippen molar-refractivity contribution in [3.05, 3.63) is 45.8 Å². The van der Waals surface area contributed by atoms with E-state index >= 15 is 0 Å². The fourth-order valence-electron chi connectivity index (χ4n) is 3.25. The lowest BCUT2D eigenvalue weighted by molar-refractivity contribution is -0.138. The quantitative estimate of drug-likeness (QED) is 0.839. The molecule has 2 heterocycles. The van der Waals surface area contributed by atoms with Crippen molar-refractivity contribution in [3.8, 4) is 10.4 Å². The molecule has 1 amide bonds. The fourth-order valence-corrected chi connectivity index (χ4v) is 4.57. The van der Waals surface area contributed by atoms with Crippen molar-refractivity contribution in [2.24, 2.45) is 5.92 Å². The second-order valence-corrected chi connectivity index (χ2v) is 7.96. The Balaban J connectivity index is 1.72. The Kier molecular flexibility index (Phi) is 5.45. The largest absolute Gasteiger partial charge is 0.481 e. The van der Waals surface area contributed by atoms with Crippen LogP contribution in [0.2, 0.25) is 5.02 Å². The Bertz CT molecular complexity index is 794. The predicted molar refractivity (Wildman–Crippen MR) is 100 cm³/mol. The van der Waals surface area contributed by atoms with Crippen LogP contribution in [0.3, 0.4) is 0 Å². The number of hydrogen-bond acceptors (Lipinski definition) is 3. The van der Waals surface area contributed by atoms with Crippen molar-refractivity contribution in [2.75, 3.05) is 13.1 Å². The number of halogens is 1. The molecule has 0 unspecified atom stereocenters. The van der Waals surface area contributed by atoms with Gasteiger partial charge in [-0.15, -0.1) is 11.3 Å². The highest BCUT2D eigenvalue weighted by atomic mass is 35.5. The molecule has 1 fully saturated rings. The molecule has 6 heteroatoms. The van der Waals surface area contributed by atoms with Crippen molar-refractivity contribution in [2.45, 2.75) is 26.2 Å². The number of carboxylic acid groups (broad SMARTS) is 1. The summed E-state index contributed by atoms with van der Waals surface area (Å²) in [6.07, 6.45) is 1.70. The monoisotopic (exact) mass is 377 g/mol. The van der Waals surface area contributed by atoms with Crippen LogP contribution in [0.4, 0.5) is 0 Å². The molecule has 132 valence electrons. The summed E-state index contributed by atoms with van der Waals surface area (Å²) in [7, 11) is 0. The first-order valence-corrected chi connectivity index (χ1v) is 9.51. The Morgan fingerprint density at radius 2 is 2.00 bits per heavy atom. The van der Waals surface area contributed by atoms with Crippen LogP contribution in [0.1, 0.15) is 34.5 Å². The number of aliphatic carboxylic acids is 1. The standard InChI is InChI=1S/C19H20ClNO3S/c1-12-9-16(25-18(12)14-3-2-4-15(20)11-14)19(24)21-7-5-13(6-8-21)10-17(22)23/h2-4,9,11,13H,5-8,10H2,1H3,(H,22,23). The van der Waals surface area contributed by atoms with Crippen molar-refractivity contribution >= 4 is 34.8 Å². The van der Waals surface area contributed by atoms with Crippen molar-refractivity contribution in [1.29, 1.82) is 0 Å². The molecule has 3 rings (SSSR count). The normalized spacial score (nSPS) is 15.4. The van der Waals surface area contributed by atoms with Crippen LogP contribution in [0.5, 0.6) is 0 Å². The molecule has 4 nitrogen and oxygen atoms in total. The molecule has 1 aliphatic rings. The number of benzene rings is 1. The van der Waals surface area contributed by atoms with Gasteiger partial charge in [-0.3, -0.25) is 9.59 Å². The number of carboxylic acids is 1.